The Balaban J connectivity index is 1.36. The van der Waals surface area contributed by atoms with Crippen molar-refractivity contribution in [3.63, 3.8) is 0 Å². The molecule has 1 aromatic heterocycles. The van der Waals surface area contributed by atoms with E-state index in [1.165, 1.54) is 0 Å². The van der Waals surface area contributed by atoms with Crippen LogP contribution in [0.25, 0.3) is 0 Å². The second-order valence-electron chi connectivity index (χ2n) is 7.63. The normalized spacial score (nSPS) is 13.2. The lowest BCUT2D eigenvalue weighted by Gasteiger charge is -2.29. The Labute approximate surface area is 181 Å². The highest BCUT2D eigenvalue weighted by Crippen LogP contribution is 2.26. The zero-order chi connectivity index (χ0) is 21.6. The third-order valence-electron chi connectivity index (χ3n) is 5.23. The second kappa shape index (κ2) is 9.40. The van der Waals surface area contributed by atoms with Gasteiger partial charge in [0.15, 0.2) is 0 Å². The van der Waals surface area contributed by atoms with Gasteiger partial charge in [-0.05, 0) is 54.8 Å². The van der Waals surface area contributed by atoms with Crippen LogP contribution in [0.15, 0.2) is 67.0 Å². The number of nitrogens with zero attached hydrogens (tertiary/aromatic N) is 2. The maximum absolute atomic E-state index is 12.4. The Morgan fingerprint density at radius 1 is 0.935 bits per heavy atom. The van der Waals surface area contributed by atoms with Crippen LogP contribution in [0, 0.1) is 6.92 Å². The third kappa shape index (κ3) is 5.46. The maximum atomic E-state index is 12.4. The van der Waals surface area contributed by atoms with Crippen LogP contribution >= 0.6 is 0 Å². The standard InChI is InChI=1S/C24H25N5O2/c1-17-5-7-19(8-6-17)27-24(31)28-22-4-2-3-18-15-29(14-11-21(18)22)16-23(30)26-20-9-12-25-13-10-20/h2-10,12-13H,11,14-16H2,1H3,(H,25,26,30)(H2,27,28,31). The van der Waals surface area contributed by atoms with E-state index < -0.39 is 0 Å². The van der Waals surface area contributed by atoms with Gasteiger partial charge in [-0.2, -0.15) is 0 Å². The molecule has 2 heterocycles. The molecule has 3 N–H and O–H groups in total. The molecule has 1 aliphatic heterocycles. The van der Waals surface area contributed by atoms with Gasteiger partial charge in [-0.1, -0.05) is 29.8 Å². The van der Waals surface area contributed by atoms with Gasteiger partial charge in [-0.25, -0.2) is 4.79 Å². The number of nitrogens with one attached hydrogen (secondary N) is 3. The third-order valence-corrected chi connectivity index (χ3v) is 5.23. The quantitative estimate of drug-likeness (QED) is 0.587. The van der Waals surface area contributed by atoms with Gasteiger partial charge in [0.2, 0.25) is 5.91 Å². The number of pyridine rings is 1. The number of benzene rings is 2. The molecule has 0 radical (unpaired) electrons. The van der Waals surface area contributed by atoms with Crippen molar-refractivity contribution in [3.8, 4) is 0 Å². The largest absolute Gasteiger partial charge is 0.325 e. The van der Waals surface area contributed by atoms with Crippen molar-refractivity contribution in [3.05, 3.63) is 83.7 Å². The van der Waals surface area contributed by atoms with Crippen LogP contribution < -0.4 is 16.0 Å². The molecule has 4 rings (SSSR count). The number of aromatic nitrogens is 1. The summed E-state index contributed by atoms with van der Waals surface area (Å²) in [5.41, 5.74) is 5.68. The average Bonchev–Trinajstić information content (AvgIpc) is 2.76. The van der Waals surface area contributed by atoms with E-state index >= 15 is 0 Å². The number of amides is 3. The van der Waals surface area contributed by atoms with Crippen LogP contribution in [-0.4, -0.2) is 34.9 Å². The summed E-state index contributed by atoms with van der Waals surface area (Å²) >= 11 is 0. The number of anilines is 3. The van der Waals surface area contributed by atoms with Gasteiger partial charge in [0.1, 0.15) is 0 Å². The van der Waals surface area contributed by atoms with Gasteiger partial charge in [-0.3, -0.25) is 14.7 Å². The topological polar surface area (TPSA) is 86.4 Å². The molecule has 0 spiro atoms. The van der Waals surface area contributed by atoms with E-state index in [1.54, 1.807) is 24.5 Å². The van der Waals surface area contributed by atoms with Crippen LogP contribution in [0.1, 0.15) is 16.7 Å². The van der Waals surface area contributed by atoms with Crippen LogP contribution in [0.2, 0.25) is 0 Å². The van der Waals surface area contributed by atoms with Crippen molar-refractivity contribution < 1.29 is 9.59 Å². The zero-order valence-corrected chi connectivity index (χ0v) is 17.4. The highest BCUT2D eigenvalue weighted by Gasteiger charge is 2.21. The predicted octanol–water partition coefficient (Wildman–Crippen LogP) is 4.03. The number of urea groups is 1. The maximum Gasteiger partial charge on any atom is 0.323 e. The molecular formula is C24H25N5O2. The summed E-state index contributed by atoms with van der Waals surface area (Å²) < 4.78 is 0. The van der Waals surface area contributed by atoms with Crippen LogP contribution in [0.3, 0.4) is 0 Å². The van der Waals surface area contributed by atoms with E-state index in [-0.39, 0.29) is 11.9 Å². The van der Waals surface area contributed by atoms with E-state index in [9.17, 15) is 9.59 Å². The molecule has 31 heavy (non-hydrogen) atoms. The summed E-state index contributed by atoms with van der Waals surface area (Å²) in [4.78, 5) is 30.9. The van der Waals surface area contributed by atoms with Crippen molar-refractivity contribution in [1.82, 2.24) is 9.88 Å². The first-order valence-corrected chi connectivity index (χ1v) is 10.2. The Morgan fingerprint density at radius 3 is 2.45 bits per heavy atom. The first-order valence-electron chi connectivity index (χ1n) is 10.2. The van der Waals surface area contributed by atoms with Crippen LogP contribution in [0.4, 0.5) is 21.9 Å². The molecule has 3 amide bonds. The van der Waals surface area contributed by atoms with Crippen molar-refractivity contribution in [2.75, 3.05) is 29.0 Å². The van der Waals surface area contributed by atoms with Gasteiger partial charge in [0.05, 0.1) is 6.54 Å². The summed E-state index contributed by atoms with van der Waals surface area (Å²) in [7, 11) is 0. The summed E-state index contributed by atoms with van der Waals surface area (Å²) in [6.07, 6.45) is 4.06. The van der Waals surface area contributed by atoms with Crippen LogP contribution in [-0.2, 0) is 17.8 Å². The molecule has 158 valence electrons. The molecular weight excluding hydrogens is 390 g/mol. The molecule has 0 saturated heterocycles. The molecule has 0 aliphatic carbocycles. The fourth-order valence-corrected chi connectivity index (χ4v) is 3.68. The van der Waals surface area contributed by atoms with Crippen molar-refractivity contribution in [2.24, 2.45) is 0 Å². The van der Waals surface area contributed by atoms with Gasteiger partial charge in [-0.15, -0.1) is 0 Å². The molecule has 0 fully saturated rings. The minimum absolute atomic E-state index is 0.0543. The number of carbonyl (C=O) groups is 2. The Morgan fingerprint density at radius 2 is 1.68 bits per heavy atom. The number of aryl methyl sites for hydroxylation is 1. The van der Waals surface area contributed by atoms with Crippen molar-refractivity contribution in [2.45, 2.75) is 19.9 Å². The highest BCUT2D eigenvalue weighted by atomic mass is 16.2. The lowest BCUT2D eigenvalue weighted by Crippen LogP contribution is -2.37. The van der Waals surface area contributed by atoms with Gasteiger partial charge < -0.3 is 16.0 Å². The average molecular weight is 415 g/mol. The Bertz CT molecular complexity index is 1070. The first-order chi connectivity index (χ1) is 15.1. The molecule has 0 saturated carbocycles. The summed E-state index contributed by atoms with van der Waals surface area (Å²) in [5.74, 6) is -0.0543. The number of fused-ring (bicyclic) bond motifs is 1. The summed E-state index contributed by atoms with van der Waals surface area (Å²) in [6, 6.07) is 16.8. The highest BCUT2D eigenvalue weighted by molar-refractivity contribution is 6.00. The number of carbonyl (C=O) groups excluding carboxylic acids is 2. The molecule has 7 nitrogen and oxygen atoms in total. The van der Waals surface area contributed by atoms with E-state index in [1.807, 2.05) is 49.4 Å². The molecule has 2 aromatic carbocycles. The summed E-state index contributed by atoms with van der Waals surface area (Å²) in [5, 5.41) is 8.72. The Hall–Kier alpha value is -3.71. The fraction of sp³-hybridized carbons (Fsp3) is 0.208. The zero-order valence-electron chi connectivity index (χ0n) is 17.4. The molecule has 0 bridgehead atoms. The Kier molecular flexibility index (Phi) is 6.24. The van der Waals surface area contributed by atoms with Gasteiger partial charge >= 0.3 is 6.03 Å². The number of hydrogen-bond acceptors (Lipinski definition) is 4. The van der Waals surface area contributed by atoms with Gasteiger partial charge in [0, 0.05) is 42.5 Å². The lowest BCUT2D eigenvalue weighted by molar-refractivity contribution is -0.117. The summed E-state index contributed by atoms with van der Waals surface area (Å²) in [6.45, 7) is 3.72. The number of rotatable bonds is 5. The van der Waals surface area contributed by atoms with E-state index in [0.717, 1.165) is 46.7 Å². The van der Waals surface area contributed by atoms with Crippen molar-refractivity contribution >= 4 is 29.0 Å². The molecule has 7 heteroatoms. The monoisotopic (exact) mass is 415 g/mol. The second-order valence-corrected chi connectivity index (χ2v) is 7.63. The first kappa shape index (κ1) is 20.6. The molecule has 3 aromatic rings. The minimum atomic E-state index is -0.267. The van der Waals surface area contributed by atoms with E-state index in [2.05, 4.69) is 25.8 Å². The molecule has 1 aliphatic rings. The predicted molar refractivity (Wildman–Crippen MR) is 122 cm³/mol. The SMILES string of the molecule is Cc1ccc(NC(=O)Nc2cccc3c2CCN(CC(=O)Nc2ccncc2)C3)cc1. The number of hydrogen-bond donors (Lipinski definition) is 3. The van der Waals surface area contributed by atoms with Crippen molar-refractivity contribution in [1.29, 1.82) is 0 Å². The lowest BCUT2D eigenvalue weighted by atomic mass is 9.97. The molecule has 0 unspecified atom stereocenters. The minimum Gasteiger partial charge on any atom is -0.325 e. The fourth-order valence-electron chi connectivity index (χ4n) is 3.68. The molecule has 0 atom stereocenters. The van der Waals surface area contributed by atoms with Crippen LogP contribution in [0.5, 0.6) is 0 Å². The van der Waals surface area contributed by atoms with E-state index in [0.29, 0.717) is 13.1 Å². The smallest absolute Gasteiger partial charge is 0.323 e. The van der Waals surface area contributed by atoms with E-state index in [4.69, 9.17) is 0 Å². The van der Waals surface area contributed by atoms with Gasteiger partial charge in [0.25, 0.3) is 0 Å².